The Kier molecular flexibility index (Phi) is 8.30. The molecule has 0 spiro atoms. The van der Waals surface area contributed by atoms with Gasteiger partial charge >= 0.3 is 0 Å². The van der Waals surface area contributed by atoms with Gasteiger partial charge in [0.15, 0.2) is 11.5 Å². The summed E-state index contributed by atoms with van der Waals surface area (Å²) >= 11 is 6.05. The predicted molar refractivity (Wildman–Crippen MR) is 115 cm³/mol. The molecule has 2 aromatic carbocycles. The minimum absolute atomic E-state index is 0.226. The molecule has 3 rings (SSSR count). The second-order valence-corrected chi connectivity index (χ2v) is 6.96. The fourth-order valence-corrected chi connectivity index (χ4v) is 3.00. The average molecular weight is 431 g/mol. The molecule has 0 aliphatic heterocycles. The number of nitrogens with zero attached hydrogens (tertiary/aromatic N) is 1. The van der Waals surface area contributed by atoms with Crippen molar-refractivity contribution in [1.29, 1.82) is 0 Å². The van der Waals surface area contributed by atoms with E-state index in [-0.39, 0.29) is 12.4 Å². The van der Waals surface area contributed by atoms with Crippen LogP contribution in [0.25, 0.3) is 0 Å². The van der Waals surface area contributed by atoms with Crippen LogP contribution in [-0.4, -0.2) is 25.2 Å². The molecule has 1 N–H and O–H groups in total. The molecule has 0 unspecified atom stereocenters. The number of hydrogen-bond acceptors (Lipinski definition) is 5. The van der Waals surface area contributed by atoms with Crippen molar-refractivity contribution in [3.63, 3.8) is 0 Å². The van der Waals surface area contributed by atoms with Gasteiger partial charge in [-0.15, -0.1) is 0 Å². The molecule has 0 amide bonds. The molecule has 5 nitrogen and oxygen atoms in total. The molecule has 7 heteroatoms. The molecule has 158 valence electrons. The van der Waals surface area contributed by atoms with E-state index < -0.39 is 0 Å². The third-order valence-electron chi connectivity index (χ3n) is 4.34. The van der Waals surface area contributed by atoms with Crippen molar-refractivity contribution in [3.8, 4) is 17.4 Å². The van der Waals surface area contributed by atoms with Gasteiger partial charge in [0.25, 0.3) is 0 Å². The van der Waals surface area contributed by atoms with E-state index >= 15 is 0 Å². The Hall–Kier alpha value is -2.83. The lowest BCUT2D eigenvalue weighted by atomic mass is 10.2. The Morgan fingerprint density at radius 3 is 2.70 bits per heavy atom. The van der Waals surface area contributed by atoms with Crippen molar-refractivity contribution in [1.82, 2.24) is 10.3 Å². The number of methoxy groups -OCH3 is 1. The lowest BCUT2D eigenvalue weighted by molar-refractivity contribution is 0.284. The zero-order chi connectivity index (χ0) is 21.2. The van der Waals surface area contributed by atoms with E-state index in [0.29, 0.717) is 41.1 Å². The first-order valence-corrected chi connectivity index (χ1v) is 10.0. The maximum Gasteiger partial charge on any atom is 0.213 e. The molecule has 0 radical (unpaired) electrons. The highest BCUT2D eigenvalue weighted by atomic mass is 35.5. The SMILES string of the molecule is COc1cc(CNCCCOc2ccccn2)ccc1OCc1ccc(F)cc1Cl. The molecule has 0 bridgehead atoms. The van der Waals surface area contributed by atoms with E-state index in [2.05, 4.69) is 10.3 Å². The largest absolute Gasteiger partial charge is 0.493 e. The lowest BCUT2D eigenvalue weighted by Gasteiger charge is -2.13. The van der Waals surface area contributed by atoms with Crippen molar-refractivity contribution in [2.45, 2.75) is 19.6 Å². The number of halogens is 2. The first kappa shape index (κ1) is 21.9. The Bertz CT molecular complexity index is 941. The number of rotatable bonds is 11. The number of hydrogen-bond donors (Lipinski definition) is 1. The summed E-state index contributed by atoms with van der Waals surface area (Å²) < 4.78 is 30.0. The smallest absolute Gasteiger partial charge is 0.213 e. The molecule has 0 fully saturated rings. The van der Waals surface area contributed by atoms with Gasteiger partial charge in [-0.2, -0.15) is 0 Å². The molecule has 0 saturated carbocycles. The standard InChI is InChI=1S/C23H24ClFN2O3/c1-28-22-13-17(15-26-10-4-12-29-23-5-2-3-11-27-23)6-9-21(22)30-16-18-7-8-19(25)14-20(18)24/h2-3,5-9,11,13-14,26H,4,10,12,15-16H2,1H3. The van der Waals surface area contributed by atoms with Crippen molar-refractivity contribution >= 4 is 11.6 Å². The topological polar surface area (TPSA) is 52.6 Å². The van der Waals surface area contributed by atoms with Gasteiger partial charge in [-0.05, 0) is 48.9 Å². The zero-order valence-electron chi connectivity index (χ0n) is 16.7. The number of benzene rings is 2. The van der Waals surface area contributed by atoms with Gasteiger partial charge in [0, 0.05) is 24.4 Å². The quantitative estimate of drug-likeness (QED) is 0.433. The molecule has 0 aliphatic rings. The minimum Gasteiger partial charge on any atom is -0.493 e. The van der Waals surface area contributed by atoms with Crippen LogP contribution >= 0.6 is 11.6 Å². The van der Waals surface area contributed by atoms with Gasteiger partial charge in [0.05, 0.1) is 18.7 Å². The highest BCUT2D eigenvalue weighted by molar-refractivity contribution is 6.31. The molecule has 0 aliphatic carbocycles. The first-order valence-electron chi connectivity index (χ1n) is 9.64. The molecule has 0 atom stereocenters. The van der Waals surface area contributed by atoms with Gasteiger partial charge in [-0.3, -0.25) is 0 Å². The third-order valence-corrected chi connectivity index (χ3v) is 4.69. The maximum absolute atomic E-state index is 13.2. The van der Waals surface area contributed by atoms with Crippen LogP contribution in [0.3, 0.4) is 0 Å². The predicted octanol–water partition coefficient (Wildman–Crippen LogP) is 5.02. The van der Waals surface area contributed by atoms with Crippen molar-refractivity contribution < 1.29 is 18.6 Å². The third kappa shape index (κ3) is 6.61. The van der Waals surface area contributed by atoms with Crippen molar-refractivity contribution in [2.24, 2.45) is 0 Å². The minimum atomic E-state index is -0.374. The highest BCUT2D eigenvalue weighted by Crippen LogP contribution is 2.29. The summed E-state index contributed by atoms with van der Waals surface area (Å²) in [5, 5.41) is 3.71. The van der Waals surface area contributed by atoms with Crippen LogP contribution in [-0.2, 0) is 13.2 Å². The van der Waals surface area contributed by atoms with E-state index in [1.165, 1.54) is 12.1 Å². The maximum atomic E-state index is 13.2. The van der Waals surface area contributed by atoms with Crippen LogP contribution < -0.4 is 19.5 Å². The average Bonchev–Trinajstić information content (AvgIpc) is 2.76. The van der Waals surface area contributed by atoms with Crippen LogP contribution in [0, 0.1) is 5.82 Å². The Labute approximate surface area is 180 Å². The summed E-state index contributed by atoms with van der Waals surface area (Å²) in [5.74, 6) is 1.50. The molecule has 30 heavy (non-hydrogen) atoms. The fourth-order valence-electron chi connectivity index (χ4n) is 2.77. The van der Waals surface area contributed by atoms with Crippen LogP contribution in [0.4, 0.5) is 4.39 Å². The van der Waals surface area contributed by atoms with E-state index in [1.54, 1.807) is 19.4 Å². The molecular formula is C23H24ClFN2O3. The summed E-state index contributed by atoms with van der Waals surface area (Å²) in [6.45, 7) is 2.34. The molecular weight excluding hydrogens is 407 g/mol. The van der Waals surface area contributed by atoms with E-state index in [9.17, 15) is 4.39 Å². The van der Waals surface area contributed by atoms with Gasteiger partial charge in [-0.1, -0.05) is 29.8 Å². The summed E-state index contributed by atoms with van der Waals surface area (Å²) in [6, 6.07) is 15.6. The van der Waals surface area contributed by atoms with Gasteiger partial charge in [-0.25, -0.2) is 9.37 Å². The van der Waals surface area contributed by atoms with Gasteiger partial charge < -0.3 is 19.5 Å². The van der Waals surface area contributed by atoms with Crippen molar-refractivity contribution in [2.75, 3.05) is 20.3 Å². The molecule has 1 aromatic heterocycles. The first-order chi connectivity index (χ1) is 14.7. The molecule has 3 aromatic rings. The molecule has 0 saturated heterocycles. The van der Waals surface area contributed by atoms with Crippen LogP contribution in [0.2, 0.25) is 5.02 Å². The summed E-state index contributed by atoms with van der Waals surface area (Å²) in [4.78, 5) is 4.12. The Morgan fingerprint density at radius 1 is 1.03 bits per heavy atom. The van der Waals surface area contributed by atoms with Gasteiger partial charge in [0.1, 0.15) is 12.4 Å². The fraction of sp³-hybridized carbons (Fsp3) is 0.261. The number of ether oxygens (including phenoxy) is 3. The zero-order valence-corrected chi connectivity index (χ0v) is 17.5. The Balaban J connectivity index is 1.44. The number of aromatic nitrogens is 1. The van der Waals surface area contributed by atoms with E-state index in [4.69, 9.17) is 25.8 Å². The molecule has 1 heterocycles. The van der Waals surface area contributed by atoms with Crippen LogP contribution in [0.15, 0.2) is 60.8 Å². The Morgan fingerprint density at radius 2 is 1.93 bits per heavy atom. The second kappa shape index (κ2) is 11.4. The van der Waals surface area contributed by atoms with Crippen molar-refractivity contribution in [3.05, 3.63) is 82.8 Å². The van der Waals surface area contributed by atoms with Gasteiger partial charge in [0.2, 0.25) is 5.88 Å². The highest BCUT2D eigenvalue weighted by Gasteiger charge is 2.08. The van der Waals surface area contributed by atoms with Crippen LogP contribution in [0.5, 0.6) is 17.4 Å². The monoisotopic (exact) mass is 430 g/mol. The summed E-state index contributed by atoms with van der Waals surface area (Å²) in [6.07, 6.45) is 2.58. The number of pyridine rings is 1. The van der Waals surface area contributed by atoms with E-state index in [0.717, 1.165) is 18.5 Å². The lowest BCUT2D eigenvalue weighted by Crippen LogP contribution is -2.17. The van der Waals surface area contributed by atoms with Crippen LogP contribution in [0.1, 0.15) is 17.5 Å². The number of nitrogens with one attached hydrogen (secondary N) is 1. The summed E-state index contributed by atoms with van der Waals surface area (Å²) in [7, 11) is 1.60. The normalized spacial score (nSPS) is 10.6. The second-order valence-electron chi connectivity index (χ2n) is 6.56. The van der Waals surface area contributed by atoms with E-state index in [1.807, 2.05) is 36.4 Å². The summed E-state index contributed by atoms with van der Waals surface area (Å²) in [5.41, 5.74) is 1.78.